The molecule has 6 heteroatoms. The smallest absolute Gasteiger partial charge is 0.257 e. The highest BCUT2D eigenvalue weighted by Gasteiger charge is 2.20. The molecule has 0 bridgehead atoms. The zero-order valence-corrected chi connectivity index (χ0v) is 8.67. The summed E-state index contributed by atoms with van der Waals surface area (Å²) in [7, 11) is -2.02. The Hall–Kier alpha value is -0.880. The van der Waals surface area contributed by atoms with Crippen LogP contribution in [-0.4, -0.2) is 18.2 Å². The van der Waals surface area contributed by atoms with E-state index in [1.807, 2.05) is 13.8 Å². The number of primary sulfonamides is 1. The van der Waals surface area contributed by atoms with Crippen molar-refractivity contribution in [3.63, 3.8) is 0 Å². The van der Waals surface area contributed by atoms with Gasteiger partial charge in [-0.25, -0.2) is 13.6 Å². The van der Waals surface area contributed by atoms with Crippen molar-refractivity contribution in [2.45, 2.75) is 24.8 Å². The van der Waals surface area contributed by atoms with Gasteiger partial charge in [-0.2, -0.15) is 5.10 Å². The second kappa shape index (κ2) is 3.12. The molecule has 0 unspecified atom stereocenters. The lowest BCUT2D eigenvalue weighted by atomic mass is 10.1. The van der Waals surface area contributed by atoms with Crippen LogP contribution < -0.4 is 5.14 Å². The topological polar surface area (TPSA) is 78.0 Å². The Labute approximate surface area is 77.6 Å². The van der Waals surface area contributed by atoms with Gasteiger partial charge in [0.05, 0.1) is 0 Å². The normalized spacial score (nSPS) is 12.4. The van der Waals surface area contributed by atoms with Crippen LogP contribution in [0, 0.1) is 0 Å². The average Bonchev–Trinajstić information content (AvgIpc) is 2.29. The van der Waals surface area contributed by atoms with Gasteiger partial charge in [-0.05, 0) is 5.92 Å². The number of hydrogen-bond donors (Lipinski definition) is 1. The van der Waals surface area contributed by atoms with Crippen molar-refractivity contribution in [1.29, 1.82) is 0 Å². The molecule has 2 N–H and O–H groups in total. The van der Waals surface area contributed by atoms with Crippen LogP contribution in [0.25, 0.3) is 0 Å². The predicted octanol–water partition coefficient (Wildman–Crippen LogP) is 0.191. The molecule has 13 heavy (non-hydrogen) atoms. The zero-order chi connectivity index (χ0) is 10.2. The zero-order valence-electron chi connectivity index (χ0n) is 7.85. The van der Waals surface area contributed by atoms with Gasteiger partial charge in [-0.3, -0.25) is 4.68 Å². The molecule has 1 aromatic heterocycles. The van der Waals surface area contributed by atoms with E-state index in [0.717, 1.165) is 0 Å². The minimum absolute atomic E-state index is 0.0231. The van der Waals surface area contributed by atoms with E-state index >= 15 is 0 Å². The molecule has 1 aromatic rings. The first-order valence-corrected chi connectivity index (χ1v) is 5.43. The minimum atomic E-state index is -3.69. The quantitative estimate of drug-likeness (QED) is 0.745. The molecule has 0 spiro atoms. The second-order valence-electron chi connectivity index (χ2n) is 3.26. The van der Waals surface area contributed by atoms with Crippen LogP contribution in [0.1, 0.15) is 25.3 Å². The van der Waals surface area contributed by atoms with Gasteiger partial charge in [-0.15, -0.1) is 0 Å². The lowest BCUT2D eigenvalue weighted by molar-refractivity contribution is 0.587. The SMILES string of the molecule is CC(C)c1cn(C)nc1S(N)(=O)=O. The average molecular weight is 203 g/mol. The maximum Gasteiger partial charge on any atom is 0.257 e. The van der Waals surface area contributed by atoms with Gasteiger partial charge in [0, 0.05) is 18.8 Å². The van der Waals surface area contributed by atoms with E-state index in [9.17, 15) is 8.42 Å². The third-order valence-corrected chi connectivity index (χ3v) is 2.57. The van der Waals surface area contributed by atoms with Crippen molar-refractivity contribution in [2.75, 3.05) is 0 Å². The number of sulfonamides is 1. The van der Waals surface area contributed by atoms with E-state index in [-0.39, 0.29) is 10.9 Å². The van der Waals surface area contributed by atoms with E-state index in [1.54, 1.807) is 13.2 Å². The van der Waals surface area contributed by atoms with Crippen molar-refractivity contribution < 1.29 is 8.42 Å². The maximum atomic E-state index is 11.1. The fourth-order valence-corrected chi connectivity index (χ4v) is 1.96. The molecule has 5 nitrogen and oxygen atoms in total. The van der Waals surface area contributed by atoms with Gasteiger partial charge in [0.1, 0.15) is 0 Å². The Morgan fingerprint density at radius 3 is 2.38 bits per heavy atom. The highest BCUT2D eigenvalue weighted by atomic mass is 32.2. The molecule has 0 aliphatic carbocycles. The highest BCUT2D eigenvalue weighted by molar-refractivity contribution is 7.89. The Morgan fingerprint density at radius 2 is 2.08 bits per heavy atom. The molecule has 0 amide bonds. The highest BCUT2D eigenvalue weighted by Crippen LogP contribution is 2.20. The second-order valence-corrected chi connectivity index (χ2v) is 4.74. The van der Waals surface area contributed by atoms with Crippen LogP contribution in [0.3, 0.4) is 0 Å². The standard InChI is InChI=1S/C7H13N3O2S/c1-5(2)6-4-10(3)9-7(6)13(8,11)12/h4-5H,1-3H3,(H2,8,11,12). The summed E-state index contributed by atoms with van der Waals surface area (Å²) >= 11 is 0. The van der Waals surface area contributed by atoms with Crippen LogP contribution in [-0.2, 0) is 17.1 Å². The van der Waals surface area contributed by atoms with E-state index in [2.05, 4.69) is 5.10 Å². The van der Waals surface area contributed by atoms with Gasteiger partial charge >= 0.3 is 0 Å². The fourth-order valence-electron chi connectivity index (χ4n) is 1.10. The maximum absolute atomic E-state index is 11.1. The number of hydrogen-bond acceptors (Lipinski definition) is 3. The van der Waals surface area contributed by atoms with Crippen molar-refractivity contribution in [2.24, 2.45) is 12.2 Å². The molecule has 0 aliphatic rings. The van der Waals surface area contributed by atoms with Gasteiger partial charge in [0.15, 0.2) is 5.03 Å². The molecule has 0 aromatic carbocycles. The largest absolute Gasteiger partial charge is 0.274 e. The lowest BCUT2D eigenvalue weighted by Crippen LogP contribution is -2.15. The van der Waals surface area contributed by atoms with E-state index in [0.29, 0.717) is 5.56 Å². The van der Waals surface area contributed by atoms with Crippen LogP contribution >= 0.6 is 0 Å². The number of aryl methyl sites for hydroxylation is 1. The predicted molar refractivity (Wildman–Crippen MR) is 48.7 cm³/mol. The Balaban J connectivity index is 3.37. The number of rotatable bonds is 2. The summed E-state index contributed by atoms with van der Waals surface area (Å²) in [5.41, 5.74) is 0.657. The summed E-state index contributed by atoms with van der Waals surface area (Å²) in [6.07, 6.45) is 1.67. The molecule has 0 atom stereocenters. The van der Waals surface area contributed by atoms with Gasteiger partial charge < -0.3 is 0 Å². The molecule has 0 aliphatic heterocycles. The molecule has 0 radical (unpaired) electrons. The van der Waals surface area contributed by atoms with Crippen LogP contribution in [0.2, 0.25) is 0 Å². The van der Waals surface area contributed by atoms with E-state index < -0.39 is 10.0 Å². The van der Waals surface area contributed by atoms with Crippen LogP contribution in [0.4, 0.5) is 0 Å². The molecule has 1 rings (SSSR count). The molecule has 0 fully saturated rings. The third kappa shape index (κ3) is 2.07. The summed E-state index contributed by atoms with van der Waals surface area (Å²) in [5, 5.41) is 8.79. The molecular weight excluding hydrogens is 190 g/mol. The Bertz CT molecular complexity index is 405. The monoisotopic (exact) mass is 203 g/mol. The Kier molecular flexibility index (Phi) is 2.44. The number of nitrogens with two attached hydrogens (primary N) is 1. The molecule has 0 saturated carbocycles. The summed E-state index contributed by atoms with van der Waals surface area (Å²) < 4.78 is 23.6. The molecule has 0 saturated heterocycles. The van der Waals surface area contributed by atoms with Crippen molar-refractivity contribution in [3.8, 4) is 0 Å². The summed E-state index contributed by atoms with van der Waals surface area (Å²) in [4.78, 5) is 0. The summed E-state index contributed by atoms with van der Waals surface area (Å²) in [6, 6.07) is 0. The van der Waals surface area contributed by atoms with Gasteiger partial charge in [-0.1, -0.05) is 13.8 Å². The molecule has 74 valence electrons. The van der Waals surface area contributed by atoms with Crippen LogP contribution in [0.15, 0.2) is 11.2 Å². The van der Waals surface area contributed by atoms with Gasteiger partial charge in [0.2, 0.25) is 0 Å². The first kappa shape index (κ1) is 10.2. The minimum Gasteiger partial charge on any atom is -0.274 e. The van der Waals surface area contributed by atoms with Crippen molar-refractivity contribution in [1.82, 2.24) is 9.78 Å². The van der Waals surface area contributed by atoms with Crippen molar-refractivity contribution in [3.05, 3.63) is 11.8 Å². The first-order valence-electron chi connectivity index (χ1n) is 3.88. The number of aromatic nitrogens is 2. The third-order valence-electron chi connectivity index (χ3n) is 1.71. The number of nitrogens with zero attached hydrogens (tertiary/aromatic N) is 2. The lowest BCUT2D eigenvalue weighted by Gasteiger charge is -2.01. The van der Waals surface area contributed by atoms with Crippen molar-refractivity contribution >= 4 is 10.0 Å². The summed E-state index contributed by atoms with van der Waals surface area (Å²) in [6.45, 7) is 3.79. The van der Waals surface area contributed by atoms with Crippen LogP contribution in [0.5, 0.6) is 0 Å². The molecule has 1 heterocycles. The van der Waals surface area contributed by atoms with Gasteiger partial charge in [0.25, 0.3) is 10.0 Å². The first-order chi connectivity index (χ1) is 5.82. The van der Waals surface area contributed by atoms with E-state index in [4.69, 9.17) is 5.14 Å². The fraction of sp³-hybridized carbons (Fsp3) is 0.571. The molecular formula is C7H13N3O2S. The summed E-state index contributed by atoms with van der Waals surface area (Å²) in [5.74, 6) is 0.0991. The van der Waals surface area contributed by atoms with E-state index in [1.165, 1.54) is 4.68 Å². The Morgan fingerprint density at radius 1 is 1.54 bits per heavy atom.